The first-order valence-electron chi connectivity index (χ1n) is 41.0. The van der Waals surface area contributed by atoms with E-state index in [1.807, 2.05) is 12.5 Å². The molecule has 0 bridgehead atoms. The van der Waals surface area contributed by atoms with E-state index in [0.717, 1.165) is 114 Å². The molecule has 6 saturated carbocycles. The zero-order valence-corrected chi connectivity index (χ0v) is 95.2. The summed E-state index contributed by atoms with van der Waals surface area (Å²) >= 11 is 0. The summed E-state index contributed by atoms with van der Waals surface area (Å²) in [6.45, 7) is 61.3. The fourth-order valence-corrected chi connectivity index (χ4v) is 27.4. The molecule has 108 heavy (non-hydrogen) atoms. The van der Waals surface area contributed by atoms with Crippen LogP contribution in [0.1, 0.15) is 292 Å². The van der Waals surface area contributed by atoms with Crippen LogP contribution in [0.25, 0.3) is 0 Å². The summed E-state index contributed by atoms with van der Waals surface area (Å²) in [6.07, 6.45) is 40.1. The van der Waals surface area contributed by atoms with Gasteiger partial charge in [0.1, 0.15) is 0 Å². The number of furan rings is 2. The molecular formula is C92H144O8Y8-4. The van der Waals surface area contributed by atoms with Gasteiger partial charge in [-0.1, -0.05) is 201 Å². The van der Waals surface area contributed by atoms with E-state index in [4.69, 9.17) is 18.3 Å². The van der Waals surface area contributed by atoms with Crippen LogP contribution in [0.5, 0.6) is 0 Å². The van der Waals surface area contributed by atoms with E-state index >= 15 is 0 Å². The number of fused-ring (bicyclic) bond motifs is 4. The third kappa shape index (κ3) is 22.6. The Bertz CT molecular complexity index is 3100. The van der Waals surface area contributed by atoms with Crippen molar-refractivity contribution in [1.82, 2.24) is 0 Å². The summed E-state index contributed by atoms with van der Waals surface area (Å²) in [6, 6.07) is 4.14. The van der Waals surface area contributed by atoms with Crippen molar-refractivity contribution in [2.24, 2.45) is 174 Å². The Morgan fingerprint density at radius 3 is 0.991 bits per heavy atom. The van der Waals surface area contributed by atoms with E-state index < -0.39 is 0 Å². The van der Waals surface area contributed by atoms with Crippen LogP contribution >= 0.6 is 0 Å². The number of hydrogen-bond donors (Lipinski definition) is 0. The molecule has 0 N–H and O–H groups in total. The van der Waals surface area contributed by atoms with Gasteiger partial charge in [0, 0.05) is 288 Å². The largest absolute Gasteiger partial charge is 0.541 e. The van der Waals surface area contributed by atoms with Gasteiger partial charge in [-0.2, -0.15) is 0 Å². The molecule has 4 heterocycles. The van der Waals surface area contributed by atoms with Crippen LogP contribution < -0.4 is 0 Å². The SMILES string of the molecule is CC(C[C@]1(C)C2C(C)C(C)C[C@@H](C)[C@]2(C)CC[C@@H]1[C-]=O)C1CCOC1.CC(C[C@]1(C)C2C(C)C(C)C[C@@H](C)[C@]2(C)CC[C@H]1[C-]=O)c1ccoc1.CC1=CC(C)C(C)C2[C@@]1(C)CC[C@@H]([C-]=O)[C@]2(C)CC(C)c1ccoc1.CC1=CC(C)C(C)C2[C@@]1(C)CC[C@H]([C-]=O)[C@]2(C)CC(C)C1CCOC1.[Y].[Y].[Y].[Y].[Y].[Y].[Y].[Y]. The van der Waals surface area contributed by atoms with Crippen molar-refractivity contribution >= 4 is 25.1 Å². The third-order valence-corrected chi connectivity index (χ3v) is 34.1. The van der Waals surface area contributed by atoms with Crippen LogP contribution in [-0.4, -0.2) is 51.6 Å². The molecule has 0 aromatic carbocycles. The Kier molecular flexibility index (Phi) is 47.9. The molecule has 2 saturated heterocycles. The quantitative estimate of drug-likeness (QED) is 0.121. The van der Waals surface area contributed by atoms with Crippen LogP contribution in [0.2, 0.25) is 0 Å². The third-order valence-electron chi connectivity index (χ3n) is 34.1. The predicted molar refractivity (Wildman–Crippen MR) is 410 cm³/mol. The van der Waals surface area contributed by atoms with E-state index in [1.165, 1.54) is 55.2 Å². The van der Waals surface area contributed by atoms with E-state index in [0.29, 0.717) is 106 Å². The molecule has 2 aromatic heterocycles. The molecule has 8 aliphatic carbocycles. The number of hydrogen-bond acceptors (Lipinski definition) is 8. The first kappa shape index (κ1) is 111. The Morgan fingerprint density at radius 2 is 0.704 bits per heavy atom. The minimum atomic E-state index is -0.0331. The molecule has 32 atom stereocenters. The van der Waals surface area contributed by atoms with Crippen LogP contribution in [0.3, 0.4) is 0 Å². The monoisotopic (exact) mass is 2090 g/mol. The first-order valence-corrected chi connectivity index (χ1v) is 41.0. The van der Waals surface area contributed by atoms with Crippen molar-refractivity contribution in [3.63, 3.8) is 0 Å². The fraction of sp³-hybridized carbons (Fsp3) is 0.826. The Hall–Kier alpha value is 5.47. The Balaban J connectivity index is 0.000000703. The average Bonchev–Trinajstić information content (AvgIpc) is 0.745. The van der Waals surface area contributed by atoms with Crippen molar-refractivity contribution in [2.75, 3.05) is 26.4 Å². The van der Waals surface area contributed by atoms with E-state index in [-0.39, 0.29) is 318 Å². The normalized spacial score (nSPS) is 43.6. The minimum Gasteiger partial charge on any atom is -0.541 e. The smallest absolute Gasteiger partial charge is 0.0937 e. The molecule has 18 unspecified atom stereocenters. The van der Waals surface area contributed by atoms with Gasteiger partial charge < -0.3 is 37.5 Å². The molecule has 0 amide bonds. The van der Waals surface area contributed by atoms with Gasteiger partial charge in [0.15, 0.2) is 0 Å². The van der Waals surface area contributed by atoms with Crippen LogP contribution in [0.15, 0.2) is 69.3 Å². The number of allylic oxidation sites excluding steroid dienone is 4. The summed E-state index contributed by atoms with van der Waals surface area (Å²) in [7, 11) is 0. The second kappa shape index (κ2) is 46.4. The number of rotatable bonds is 16. The van der Waals surface area contributed by atoms with Gasteiger partial charge in [0.2, 0.25) is 0 Å². The second-order valence-corrected chi connectivity index (χ2v) is 39.6. The fourth-order valence-electron chi connectivity index (χ4n) is 27.4. The van der Waals surface area contributed by atoms with E-state index in [1.54, 1.807) is 18.1 Å². The number of carbonyl (C=O) groups excluding carboxylic acids is 4. The first-order chi connectivity index (χ1) is 46.9. The standard InChI is InChI=1S/C23H39O2.C23H37O2.C23H35O2.C23H33O2.8Y/c4*1-15-11-17(3)22(5)9-7-20(13-24)23(6,21(22)18(15)4)12-16(2)19-8-10-25-14-19;;;;;;;;/h15-21H,7-12,14H2,1-6H3;11,15-16,18-21H,7-10,12,14H2,1-6H3;8,10,14-18,20-21H,7,9,11-12H2,1-6H3;8,10-11,14-16,18,20-21H,7,9,12H2,1-6H3;;;;;;;;/q4*-1;;;;;;;;/t15?,16?,17-,18?,19?,20-,21?,22+,23+;15?,16?,18?,19?,20-,21?,22+,23+;15?,16?,17-,18?,20+,21?,22+,23+;15?,16?,18?,20-,21?,22-,23-;;;;;;;;/m1110......../s1. The van der Waals surface area contributed by atoms with Crippen molar-refractivity contribution in [2.45, 2.75) is 281 Å². The van der Waals surface area contributed by atoms with Gasteiger partial charge in [-0.05, 0) is 276 Å². The van der Waals surface area contributed by atoms with Crippen molar-refractivity contribution < 1.29 is 299 Å². The zero-order chi connectivity index (χ0) is 73.6. The van der Waals surface area contributed by atoms with Crippen molar-refractivity contribution in [3.8, 4) is 0 Å². The Morgan fingerprint density at radius 1 is 0.407 bits per heavy atom. The minimum absolute atomic E-state index is 0. The molecule has 2 aromatic rings. The molecule has 8 radical (unpaired) electrons. The molecule has 588 valence electrons. The zero-order valence-electron chi connectivity index (χ0n) is 72.5. The van der Waals surface area contributed by atoms with E-state index in [9.17, 15) is 19.2 Å². The van der Waals surface area contributed by atoms with Gasteiger partial charge in [-0.3, -0.25) is 25.1 Å². The van der Waals surface area contributed by atoms with Crippen LogP contribution in [0.4, 0.5) is 0 Å². The van der Waals surface area contributed by atoms with Gasteiger partial charge in [-0.15, -0.1) is 23.7 Å². The molecule has 12 rings (SSSR count). The second-order valence-electron chi connectivity index (χ2n) is 39.6. The maximum Gasteiger partial charge on any atom is 0.0937 e. The topological polar surface area (TPSA) is 113 Å². The molecule has 10 aliphatic rings. The van der Waals surface area contributed by atoms with Crippen molar-refractivity contribution in [1.29, 1.82) is 0 Å². The van der Waals surface area contributed by atoms with Gasteiger partial charge in [-0.25, -0.2) is 0 Å². The molecule has 0 spiro atoms. The van der Waals surface area contributed by atoms with E-state index in [2.05, 4.69) is 216 Å². The van der Waals surface area contributed by atoms with Gasteiger partial charge in [0.25, 0.3) is 0 Å². The maximum atomic E-state index is 12.0. The van der Waals surface area contributed by atoms with Gasteiger partial charge >= 0.3 is 0 Å². The van der Waals surface area contributed by atoms with Gasteiger partial charge in [0.05, 0.1) is 25.1 Å². The summed E-state index contributed by atoms with van der Waals surface area (Å²) in [5, 5.41) is 0. The predicted octanol–water partition coefficient (Wildman–Crippen LogP) is 23.3. The number of ether oxygens (including phenoxy) is 2. The maximum absolute atomic E-state index is 12.0. The summed E-state index contributed by atoms with van der Waals surface area (Å²) in [5.74, 6) is 12.5. The Labute approximate surface area is 862 Å². The van der Waals surface area contributed by atoms with Crippen LogP contribution in [-0.2, 0) is 290 Å². The summed E-state index contributed by atoms with van der Waals surface area (Å²) in [5.41, 5.74) is 6.81. The summed E-state index contributed by atoms with van der Waals surface area (Å²) < 4.78 is 21.9. The molecule has 8 fully saturated rings. The van der Waals surface area contributed by atoms with Crippen molar-refractivity contribution in [3.05, 3.63) is 71.6 Å². The molecule has 16 heteroatoms. The van der Waals surface area contributed by atoms with Crippen LogP contribution in [0, 0.1) is 174 Å². The average molecular weight is 2090 g/mol. The molecular weight excluding hydrogens is 1940 g/mol. The summed E-state index contributed by atoms with van der Waals surface area (Å²) in [4.78, 5) is 47.8. The molecule has 2 aliphatic heterocycles. The molecule has 8 nitrogen and oxygen atoms in total.